The lowest BCUT2D eigenvalue weighted by atomic mass is 10.1. The molecule has 0 aromatic carbocycles. The third-order valence-corrected chi connectivity index (χ3v) is 6.04. The molecule has 0 aliphatic heterocycles. The lowest BCUT2D eigenvalue weighted by Crippen LogP contribution is -2.35. The summed E-state index contributed by atoms with van der Waals surface area (Å²) in [7, 11) is 1.52. The number of fused-ring (bicyclic) bond motifs is 1. The number of ether oxygens (including phenoxy) is 1. The topological polar surface area (TPSA) is 98.5 Å². The van der Waals surface area contributed by atoms with Crippen LogP contribution >= 0.6 is 23.2 Å². The van der Waals surface area contributed by atoms with E-state index in [1.54, 1.807) is 12.1 Å². The van der Waals surface area contributed by atoms with E-state index in [2.05, 4.69) is 20.4 Å². The number of ketones is 1. The van der Waals surface area contributed by atoms with E-state index in [0.29, 0.717) is 57.9 Å². The molecule has 31 heavy (non-hydrogen) atoms. The molecule has 0 atom stereocenters. The quantitative estimate of drug-likeness (QED) is 0.515. The van der Waals surface area contributed by atoms with Crippen LogP contribution in [0.1, 0.15) is 48.1 Å². The molecule has 1 N–H and O–H groups in total. The van der Waals surface area contributed by atoms with Gasteiger partial charge in [0, 0.05) is 30.9 Å². The molecular weight excluding hydrogens is 441 g/mol. The van der Waals surface area contributed by atoms with Crippen molar-refractivity contribution in [2.75, 3.05) is 13.7 Å². The smallest absolute Gasteiger partial charge is 0.233 e. The van der Waals surface area contributed by atoms with Crippen molar-refractivity contribution >= 4 is 40.5 Å². The van der Waals surface area contributed by atoms with Crippen LogP contribution in [-0.4, -0.2) is 44.9 Å². The van der Waals surface area contributed by atoms with Gasteiger partial charge in [-0.3, -0.25) is 14.6 Å². The fraction of sp³-hybridized carbons (Fsp3) is 0.381. The van der Waals surface area contributed by atoms with E-state index < -0.39 is 5.41 Å². The fourth-order valence-electron chi connectivity index (χ4n) is 3.46. The Morgan fingerprint density at radius 2 is 1.94 bits per heavy atom. The van der Waals surface area contributed by atoms with Gasteiger partial charge in [0.1, 0.15) is 11.1 Å². The average molecular weight is 462 g/mol. The van der Waals surface area contributed by atoms with Crippen molar-refractivity contribution in [3.05, 3.63) is 51.7 Å². The summed E-state index contributed by atoms with van der Waals surface area (Å²) in [5.41, 5.74) is 0.405. The van der Waals surface area contributed by atoms with Gasteiger partial charge < -0.3 is 10.1 Å². The summed E-state index contributed by atoms with van der Waals surface area (Å²) in [5, 5.41) is 8.11. The first-order valence-electron chi connectivity index (χ1n) is 9.95. The van der Waals surface area contributed by atoms with Gasteiger partial charge in [0.2, 0.25) is 5.91 Å². The average Bonchev–Trinajstić information content (AvgIpc) is 3.45. The summed E-state index contributed by atoms with van der Waals surface area (Å²) in [5.74, 6) is 0.506. The second kappa shape index (κ2) is 8.43. The minimum Gasteiger partial charge on any atom is -0.493 e. The lowest BCUT2D eigenvalue weighted by Gasteiger charge is -2.11. The number of hydrogen-bond acceptors (Lipinski definition) is 6. The van der Waals surface area contributed by atoms with Crippen LogP contribution < -0.4 is 10.1 Å². The van der Waals surface area contributed by atoms with Gasteiger partial charge in [0.05, 0.1) is 17.2 Å². The SMILES string of the molecule is CCCNC(=O)C1(c2nc3c(OC)ccc(C(=O)Cc4c(Cl)cncc4Cl)n3n2)CC1. The third kappa shape index (κ3) is 3.85. The number of nitrogens with one attached hydrogen (secondary N) is 1. The molecule has 8 nitrogen and oxygen atoms in total. The number of halogens is 2. The number of nitrogens with zero attached hydrogens (tertiary/aromatic N) is 4. The Morgan fingerprint density at radius 3 is 2.55 bits per heavy atom. The van der Waals surface area contributed by atoms with Crippen molar-refractivity contribution in [1.29, 1.82) is 0 Å². The van der Waals surface area contributed by atoms with Crippen LogP contribution in [0.3, 0.4) is 0 Å². The highest BCUT2D eigenvalue weighted by Gasteiger charge is 2.54. The zero-order valence-corrected chi connectivity index (χ0v) is 18.6. The Balaban J connectivity index is 1.74. The van der Waals surface area contributed by atoms with Gasteiger partial charge in [0.25, 0.3) is 0 Å². The number of aromatic nitrogens is 4. The molecule has 1 aliphatic carbocycles. The maximum absolute atomic E-state index is 13.1. The molecule has 0 spiro atoms. The van der Waals surface area contributed by atoms with Gasteiger partial charge in [0.15, 0.2) is 23.0 Å². The molecule has 3 aromatic rings. The van der Waals surface area contributed by atoms with Gasteiger partial charge >= 0.3 is 0 Å². The molecule has 3 aromatic heterocycles. The van der Waals surface area contributed by atoms with Crippen LogP contribution in [-0.2, 0) is 16.6 Å². The first-order chi connectivity index (χ1) is 14.9. The van der Waals surface area contributed by atoms with Crippen molar-refractivity contribution < 1.29 is 14.3 Å². The molecule has 3 heterocycles. The summed E-state index contributed by atoms with van der Waals surface area (Å²) < 4.78 is 6.84. The summed E-state index contributed by atoms with van der Waals surface area (Å²) in [6.45, 7) is 2.58. The molecular formula is C21H21Cl2N5O3. The minimum absolute atomic E-state index is 0.0288. The summed E-state index contributed by atoms with van der Waals surface area (Å²) >= 11 is 12.4. The van der Waals surface area contributed by atoms with Crippen molar-refractivity contribution in [3.8, 4) is 5.75 Å². The van der Waals surface area contributed by atoms with Crippen molar-refractivity contribution in [1.82, 2.24) is 24.9 Å². The monoisotopic (exact) mass is 461 g/mol. The van der Waals surface area contributed by atoms with E-state index in [4.69, 9.17) is 27.9 Å². The Morgan fingerprint density at radius 1 is 1.23 bits per heavy atom. The number of amides is 1. The lowest BCUT2D eigenvalue weighted by molar-refractivity contribution is -0.123. The van der Waals surface area contributed by atoms with Gasteiger partial charge in [-0.25, -0.2) is 9.50 Å². The molecule has 1 saturated carbocycles. The molecule has 0 bridgehead atoms. The Bertz CT molecular complexity index is 1150. The fourth-order valence-corrected chi connectivity index (χ4v) is 3.95. The van der Waals surface area contributed by atoms with Gasteiger partial charge in [-0.15, -0.1) is 5.10 Å². The second-order valence-electron chi connectivity index (χ2n) is 7.48. The van der Waals surface area contributed by atoms with E-state index in [1.165, 1.54) is 24.0 Å². The van der Waals surface area contributed by atoms with Crippen molar-refractivity contribution in [2.45, 2.75) is 38.0 Å². The molecule has 4 rings (SSSR count). The summed E-state index contributed by atoms with van der Waals surface area (Å²) in [6.07, 6.45) is 5.02. The van der Waals surface area contributed by atoms with Crippen molar-refractivity contribution in [3.63, 3.8) is 0 Å². The normalized spacial score (nSPS) is 14.5. The van der Waals surface area contributed by atoms with Gasteiger partial charge in [-0.05, 0) is 31.4 Å². The number of hydrogen-bond donors (Lipinski definition) is 1. The second-order valence-corrected chi connectivity index (χ2v) is 8.29. The van der Waals surface area contributed by atoms with E-state index in [0.717, 1.165) is 6.42 Å². The molecule has 0 saturated heterocycles. The number of pyridine rings is 2. The zero-order chi connectivity index (χ0) is 22.2. The molecule has 0 unspecified atom stereocenters. The first-order valence-corrected chi connectivity index (χ1v) is 10.7. The van der Waals surface area contributed by atoms with E-state index >= 15 is 0 Å². The van der Waals surface area contributed by atoms with E-state index in [1.807, 2.05) is 6.92 Å². The highest BCUT2D eigenvalue weighted by atomic mass is 35.5. The molecule has 1 fully saturated rings. The molecule has 162 valence electrons. The molecule has 1 aliphatic rings. The number of carbonyl (C=O) groups excluding carboxylic acids is 2. The van der Waals surface area contributed by atoms with Crippen LogP contribution in [0.4, 0.5) is 0 Å². The van der Waals surface area contributed by atoms with Crippen LogP contribution in [0.25, 0.3) is 5.65 Å². The Kier molecular flexibility index (Phi) is 5.85. The number of Topliss-reactive ketones (excluding diaryl/α,β-unsaturated/α-hetero) is 1. The first kappa shape index (κ1) is 21.5. The van der Waals surface area contributed by atoms with Crippen LogP contribution in [0.2, 0.25) is 10.0 Å². The molecule has 1 amide bonds. The van der Waals surface area contributed by atoms with Crippen molar-refractivity contribution in [2.24, 2.45) is 0 Å². The van der Waals surface area contributed by atoms with Gasteiger partial charge in [-0.1, -0.05) is 30.1 Å². The maximum atomic E-state index is 13.1. The minimum atomic E-state index is -0.760. The summed E-state index contributed by atoms with van der Waals surface area (Å²) in [4.78, 5) is 34.4. The largest absolute Gasteiger partial charge is 0.493 e. The Labute approximate surface area is 188 Å². The highest BCUT2D eigenvalue weighted by molar-refractivity contribution is 6.36. The van der Waals surface area contributed by atoms with Crippen LogP contribution in [0.15, 0.2) is 24.5 Å². The predicted octanol–water partition coefficient (Wildman–Crippen LogP) is 3.42. The standard InChI is InChI=1S/C21H21Cl2N5O3/c1-3-8-25-20(30)21(6-7-21)19-26-18-17(31-2)5-4-15(28(18)27-19)16(29)9-12-13(22)10-24-11-14(12)23/h4-5,10-11H,3,6-9H2,1-2H3,(H,25,30). The van der Waals surface area contributed by atoms with Crippen LogP contribution in [0, 0.1) is 0 Å². The highest BCUT2D eigenvalue weighted by Crippen LogP contribution is 2.47. The number of carbonyl (C=O) groups is 2. The van der Waals surface area contributed by atoms with Crippen LogP contribution in [0.5, 0.6) is 5.75 Å². The predicted molar refractivity (Wildman–Crippen MR) is 116 cm³/mol. The zero-order valence-electron chi connectivity index (χ0n) is 17.1. The number of methoxy groups -OCH3 is 1. The van der Waals surface area contributed by atoms with E-state index in [9.17, 15) is 9.59 Å². The van der Waals surface area contributed by atoms with E-state index in [-0.39, 0.29) is 18.1 Å². The summed E-state index contributed by atoms with van der Waals surface area (Å²) in [6, 6.07) is 3.28. The van der Waals surface area contributed by atoms with Gasteiger partial charge in [-0.2, -0.15) is 0 Å². The number of rotatable bonds is 8. The molecule has 10 heteroatoms. The Hall–Kier alpha value is -2.71. The molecule has 0 radical (unpaired) electrons. The third-order valence-electron chi connectivity index (χ3n) is 5.39. The maximum Gasteiger partial charge on any atom is 0.233 e.